The number of anilines is 3. The van der Waals surface area contributed by atoms with Crippen molar-refractivity contribution in [3.8, 4) is 48.9 Å². The predicted octanol–water partition coefficient (Wildman–Crippen LogP) is 16.8. The van der Waals surface area contributed by atoms with Crippen molar-refractivity contribution in [1.82, 2.24) is 0 Å². The van der Waals surface area contributed by atoms with E-state index >= 15 is 0 Å². The summed E-state index contributed by atoms with van der Waals surface area (Å²) in [5.41, 5.74) is 6.38. The summed E-state index contributed by atoms with van der Waals surface area (Å²) in [5, 5.41) is 19.0. The summed E-state index contributed by atoms with van der Waals surface area (Å²) in [7, 11) is 3.36. The van der Waals surface area contributed by atoms with Crippen LogP contribution in [0.15, 0.2) is 103 Å². The van der Waals surface area contributed by atoms with E-state index in [2.05, 4.69) is 103 Å². The summed E-state index contributed by atoms with van der Waals surface area (Å²) < 4.78 is 16.1. The summed E-state index contributed by atoms with van der Waals surface area (Å²) in [5.74, 6) is 7.44. The third kappa shape index (κ3) is 10.7. The number of hydrogen-bond acceptors (Lipinski definition) is 10. The van der Waals surface area contributed by atoms with Crippen LogP contribution in [0.25, 0.3) is 44.4 Å². The lowest BCUT2D eigenvalue weighted by Gasteiger charge is -2.25. The van der Waals surface area contributed by atoms with Crippen LogP contribution < -0.4 is 14.4 Å². The standard InChI is InChI=1S/C54H50N2O4S5/c1-5-7-9-11-13-36-29-44(28-17-35-15-18-39(19-16-35)56(40-20-24-42(59-3)25-21-40)41-22-26-43(60-4)27-23-41)61-50(36)46-32-48-52(64-46)53-49(63-48)33-47(65-53)51-37(14-12-10-8-6-2)30-45(62-51)31-38(34-55)54(57)58/h15-16,18-27,29-33H,5-14H2,1-4H3,(H,57,58)/b38-31+. The van der Waals surface area contributed by atoms with Gasteiger partial charge in [0.15, 0.2) is 0 Å². The molecule has 11 heteroatoms. The van der Waals surface area contributed by atoms with Crippen molar-refractivity contribution < 1.29 is 19.4 Å². The van der Waals surface area contributed by atoms with E-state index in [1.54, 1.807) is 36.9 Å². The number of nitrogens with zero attached hydrogens (tertiary/aromatic N) is 2. The molecule has 8 aromatic rings. The highest BCUT2D eigenvalue weighted by atomic mass is 32.1. The molecule has 1 N–H and O–H groups in total. The maximum absolute atomic E-state index is 11.7. The number of fused-ring (bicyclic) bond motifs is 3. The van der Waals surface area contributed by atoms with Gasteiger partial charge in [0, 0.05) is 56.4 Å². The largest absolute Gasteiger partial charge is 0.497 e. The van der Waals surface area contributed by atoms with E-state index in [9.17, 15) is 15.2 Å². The summed E-state index contributed by atoms with van der Waals surface area (Å²) in [4.78, 5) is 20.8. The minimum absolute atomic E-state index is 0.240. The van der Waals surface area contributed by atoms with Gasteiger partial charge in [0.1, 0.15) is 23.1 Å². The molecule has 8 rings (SSSR count). The van der Waals surface area contributed by atoms with Gasteiger partial charge in [-0.15, -0.1) is 56.7 Å². The number of methoxy groups -OCH3 is 2. The van der Waals surface area contributed by atoms with Gasteiger partial charge in [-0.3, -0.25) is 0 Å². The molecule has 65 heavy (non-hydrogen) atoms. The first-order chi connectivity index (χ1) is 31.8. The highest BCUT2D eigenvalue weighted by Crippen LogP contribution is 2.51. The van der Waals surface area contributed by atoms with E-state index in [1.165, 1.54) is 87.6 Å². The fourth-order valence-corrected chi connectivity index (χ4v) is 14.4. The van der Waals surface area contributed by atoms with E-state index in [-0.39, 0.29) is 5.57 Å². The second-order valence-electron chi connectivity index (χ2n) is 15.8. The van der Waals surface area contributed by atoms with Gasteiger partial charge in [0.05, 0.1) is 28.5 Å². The fraction of sp³-hybridized carbons (Fsp3) is 0.259. The van der Waals surface area contributed by atoms with Crippen molar-refractivity contribution in [1.29, 1.82) is 5.26 Å². The topological polar surface area (TPSA) is 82.8 Å². The lowest BCUT2D eigenvalue weighted by Crippen LogP contribution is -2.09. The number of ether oxygens (including phenoxy) is 2. The zero-order valence-electron chi connectivity index (χ0n) is 37.0. The molecule has 0 atom stereocenters. The number of rotatable bonds is 19. The number of aliphatic carboxylic acids is 1. The van der Waals surface area contributed by atoms with Crippen molar-refractivity contribution >= 4 is 105 Å². The Hall–Kier alpha value is -5.66. The minimum atomic E-state index is -1.20. The molecule has 0 amide bonds. The van der Waals surface area contributed by atoms with Gasteiger partial charge in [0.25, 0.3) is 0 Å². The zero-order valence-corrected chi connectivity index (χ0v) is 41.1. The second kappa shape index (κ2) is 21.6. The Morgan fingerprint density at radius 1 is 0.631 bits per heavy atom. The zero-order chi connectivity index (χ0) is 45.3. The SMILES string of the molecule is CCCCCCc1cc(C#Cc2ccc(N(c3ccc(OC)cc3)c3ccc(OC)cc3)cc2)sc1-c1cc2sc3cc(-c4sc(/C=C(\C#N)C(=O)O)cc4CCCCCC)sc3c2s1. The van der Waals surface area contributed by atoms with Gasteiger partial charge in [-0.25, -0.2) is 4.79 Å². The number of nitriles is 1. The first kappa shape index (κ1) is 45.9. The average Bonchev–Trinajstić information content (AvgIpc) is 4.17. The first-order valence-electron chi connectivity index (χ1n) is 22.1. The van der Waals surface area contributed by atoms with Gasteiger partial charge >= 0.3 is 5.97 Å². The van der Waals surface area contributed by atoms with E-state index in [4.69, 9.17) is 9.47 Å². The fourth-order valence-electron chi connectivity index (χ4n) is 7.87. The Balaban J connectivity index is 1.08. The Morgan fingerprint density at radius 3 is 1.63 bits per heavy atom. The molecule has 0 saturated carbocycles. The van der Waals surface area contributed by atoms with E-state index in [1.807, 2.05) is 64.3 Å². The molecule has 0 aliphatic carbocycles. The van der Waals surface area contributed by atoms with Crippen molar-refractivity contribution in [2.45, 2.75) is 78.1 Å². The van der Waals surface area contributed by atoms with Crippen LogP contribution in [0.4, 0.5) is 17.1 Å². The number of carboxylic acid groups (broad SMARTS) is 1. The van der Waals surface area contributed by atoms with Crippen LogP contribution in [0, 0.1) is 23.2 Å². The molecule has 0 saturated heterocycles. The van der Waals surface area contributed by atoms with Gasteiger partial charge in [-0.05, 0) is 140 Å². The minimum Gasteiger partial charge on any atom is -0.497 e. The van der Waals surface area contributed by atoms with Crippen molar-refractivity contribution in [2.24, 2.45) is 0 Å². The highest BCUT2D eigenvalue weighted by molar-refractivity contribution is 7.41. The average molecular weight is 951 g/mol. The molecule has 0 aliphatic rings. The Kier molecular flexibility index (Phi) is 15.2. The predicted molar refractivity (Wildman–Crippen MR) is 279 cm³/mol. The van der Waals surface area contributed by atoms with Crippen LogP contribution in [0.1, 0.15) is 91.7 Å². The Bertz CT molecular complexity index is 2990. The molecular formula is C54H50N2O4S5. The quantitative estimate of drug-likeness (QED) is 0.0376. The van der Waals surface area contributed by atoms with Gasteiger partial charge in [-0.1, -0.05) is 64.2 Å². The van der Waals surface area contributed by atoms with Gasteiger partial charge in [-0.2, -0.15) is 5.26 Å². The molecule has 0 spiro atoms. The maximum Gasteiger partial charge on any atom is 0.346 e. The number of hydrogen-bond donors (Lipinski definition) is 1. The second-order valence-corrected chi connectivity index (χ2v) is 21.1. The molecule has 0 unspecified atom stereocenters. The molecular weight excluding hydrogens is 901 g/mol. The smallest absolute Gasteiger partial charge is 0.346 e. The van der Waals surface area contributed by atoms with Crippen molar-refractivity contribution in [3.63, 3.8) is 0 Å². The molecule has 0 fully saturated rings. The third-order valence-corrected chi connectivity index (χ3v) is 17.6. The van der Waals surface area contributed by atoms with Crippen LogP contribution in [-0.2, 0) is 17.6 Å². The van der Waals surface area contributed by atoms with Gasteiger partial charge in [0.2, 0.25) is 0 Å². The van der Waals surface area contributed by atoms with Crippen LogP contribution in [-0.4, -0.2) is 25.3 Å². The molecule has 3 aromatic carbocycles. The number of benzene rings is 3. The van der Waals surface area contributed by atoms with Crippen molar-refractivity contribution in [2.75, 3.05) is 19.1 Å². The number of unbranched alkanes of at least 4 members (excludes halogenated alkanes) is 6. The number of thiophene rings is 5. The van der Waals surface area contributed by atoms with Crippen molar-refractivity contribution in [3.05, 3.63) is 129 Å². The molecule has 5 heterocycles. The summed E-state index contributed by atoms with van der Waals surface area (Å²) >= 11 is 8.96. The Morgan fingerprint density at radius 2 is 1.14 bits per heavy atom. The molecule has 0 radical (unpaired) electrons. The number of carboxylic acids is 1. The van der Waals surface area contributed by atoms with E-state index in [0.717, 1.165) is 76.0 Å². The third-order valence-electron chi connectivity index (χ3n) is 11.3. The number of carbonyl (C=O) groups is 1. The maximum atomic E-state index is 11.7. The molecule has 6 nitrogen and oxygen atoms in total. The molecule has 0 bridgehead atoms. The molecule has 0 aliphatic heterocycles. The van der Waals surface area contributed by atoms with E-state index in [0.29, 0.717) is 0 Å². The summed E-state index contributed by atoms with van der Waals surface area (Å²) in [6, 6.07) is 35.6. The van der Waals surface area contributed by atoms with Crippen LogP contribution >= 0.6 is 56.7 Å². The van der Waals surface area contributed by atoms with E-state index < -0.39 is 5.97 Å². The van der Waals surface area contributed by atoms with Crippen LogP contribution in [0.5, 0.6) is 11.5 Å². The van der Waals surface area contributed by atoms with Gasteiger partial charge < -0.3 is 19.5 Å². The summed E-state index contributed by atoms with van der Waals surface area (Å²) in [6.45, 7) is 4.47. The highest BCUT2D eigenvalue weighted by Gasteiger charge is 2.21. The monoisotopic (exact) mass is 950 g/mol. The number of aryl methyl sites for hydroxylation is 2. The molecule has 330 valence electrons. The first-order valence-corrected chi connectivity index (χ1v) is 26.1. The lowest BCUT2D eigenvalue weighted by atomic mass is 10.1. The van der Waals surface area contributed by atoms with Crippen LogP contribution in [0.2, 0.25) is 0 Å². The molecule has 5 aromatic heterocycles. The lowest BCUT2D eigenvalue weighted by molar-refractivity contribution is -0.132. The Labute approximate surface area is 401 Å². The van der Waals surface area contributed by atoms with Crippen LogP contribution in [0.3, 0.4) is 0 Å². The summed E-state index contributed by atoms with van der Waals surface area (Å²) in [6.07, 6.45) is 12.9. The normalized spacial score (nSPS) is 11.5.